The van der Waals surface area contributed by atoms with Crippen molar-refractivity contribution in [3.05, 3.63) is 65.3 Å². The lowest BCUT2D eigenvalue weighted by Gasteiger charge is -2.31. The standard InChI is InChI=1S/C26H32N4O5S/c1-17(2)26-28-24(29-35-26)15-19-7-9-21(10-8-19)27-25(31)20-6-5-13-30(16-20)36(32,33)22-11-12-23(34-4)18(3)14-22/h7-12,14,17,20H,5-6,13,15-16H2,1-4H3,(H,27,31)/t20-/m1/s1. The van der Waals surface area contributed by atoms with Crippen LogP contribution < -0.4 is 10.1 Å². The van der Waals surface area contributed by atoms with Gasteiger partial charge in [0, 0.05) is 31.1 Å². The smallest absolute Gasteiger partial charge is 0.243 e. The summed E-state index contributed by atoms with van der Waals surface area (Å²) in [4.78, 5) is 17.6. The lowest BCUT2D eigenvalue weighted by Crippen LogP contribution is -2.43. The van der Waals surface area contributed by atoms with Gasteiger partial charge in [0.05, 0.1) is 17.9 Å². The molecule has 1 aliphatic rings. The van der Waals surface area contributed by atoms with Crippen LogP contribution in [0.15, 0.2) is 51.9 Å². The molecule has 192 valence electrons. The van der Waals surface area contributed by atoms with Crippen molar-refractivity contribution in [2.75, 3.05) is 25.5 Å². The highest BCUT2D eigenvalue weighted by Crippen LogP contribution is 2.28. The van der Waals surface area contributed by atoms with Gasteiger partial charge in [0.2, 0.25) is 21.8 Å². The highest BCUT2D eigenvalue weighted by Gasteiger charge is 2.33. The number of nitrogens with zero attached hydrogens (tertiary/aromatic N) is 3. The molecule has 2 aromatic carbocycles. The van der Waals surface area contributed by atoms with Crippen LogP contribution in [0.1, 0.15) is 55.4 Å². The van der Waals surface area contributed by atoms with Crippen LogP contribution in [0.25, 0.3) is 0 Å². The zero-order valence-electron chi connectivity index (χ0n) is 21.0. The number of hydrogen-bond acceptors (Lipinski definition) is 7. The molecular weight excluding hydrogens is 480 g/mol. The van der Waals surface area contributed by atoms with Crippen molar-refractivity contribution in [1.82, 2.24) is 14.4 Å². The summed E-state index contributed by atoms with van der Waals surface area (Å²) in [7, 11) is -2.16. The number of nitrogens with one attached hydrogen (secondary N) is 1. The van der Waals surface area contributed by atoms with E-state index in [1.807, 2.05) is 38.1 Å². The Bertz CT molecular complexity index is 1320. The summed E-state index contributed by atoms with van der Waals surface area (Å²) in [5.41, 5.74) is 2.40. The molecule has 0 radical (unpaired) electrons. The number of aromatic nitrogens is 2. The van der Waals surface area contributed by atoms with Gasteiger partial charge in [0.1, 0.15) is 5.75 Å². The van der Waals surface area contributed by atoms with E-state index in [2.05, 4.69) is 15.5 Å². The van der Waals surface area contributed by atoms with Crippen LogP contribution in [0.3, 0.4) is 0 Å². The van der Waals surface area contributed by atoms with Crippen molar-refractivity contribution in [1.29, 1.82) is 0 Å². The fourth-order valence-electron chi connectivity index (χ4n) is 4.24. The molecule has 4 rings (SSSR count). The van der Waals surface area contributed by atoms with Crippen molar-refractivity contribution < 1.29 is 22.5 Å². The predicted octanol–water partition coefficient (Wildman–Crippen LogP) is 4.14. The van der Waals surface area contributed by atoms with E-state index < -0.39 is 15.9 Å². The third-order valence-electron chi connectivity index (χ3n) is 6.32. The molecule has 1 saturated heterocycles. The molecule has 10 heteroatoms. The first kappa shape index (κ1) is 25.8. The topological polar surface area (TPSA) is 115 Å². The average Bonchev–Trinajstić information content (AvgIpc) is 3.34. The van der Waals surface area contributed by atoms with Crippen LogP contribution in [0, 0.1) is 12.8 Å². The van der Waals surface area contributed by atoms with Gasteiger partial charge < -0.3 is 14.6 Å². The number of sulfonamides is 1. The number of amides is 1. The maximum absolute atomic E-state index is 13.2. The molecule has 3 aromatic rings. The van der Waals surface area contributed by atoms with Gasteiger partial charge in [-0.2, -0.15) is 9.29 Å². The summed E-state index contributed by atoms with van der Waals surface area (Å²) in [5, 5.41) is 6.94. The molecule has 2 heterocycles. The average molecular weight is 513 g/mol. The molecular formula is C26H32N4O5S. The summed E-state index contributed by atoms with van der Waals surface area (Å²) in [5.74, 6) is 1.42. The molecule has 1 amide bonds. The Labute approximate surface area is 211 Å². The van der Waals surface area contributed by atoms with Crippen molar-refractivity contribution in [3.63, 3.8) is 0 Å². The Kier molecular flexibility index (Phi) is 7.75. The van der Waals surface area contributed by atoms with Crippen LogP contribution in [-0.4, -0.2) is 49.0 Å². The number of methoxy groups -OCH3 is 1. The van der Waals surface area contributed by atoms with Crippen LogP contribution >= 0.6 is 0 Å². The van der Waals surface area contributed by atoms with Crippen LogP contribution in [0.5, 0.6) is 5.75 Å². The molecule has 9 nitrogen and oxygen atoms in total. The number of carbonyl (C=O) groups is 1. The Hall–Kier alpha value is -3.24. The molecule has 1 aliphatic heterocycles. The molecule has 1 fully saturated rings. The number of rotatable bonds is 8. The van der Waals surface area contributed by atoms with Crippen molar-refractivity contribution in [3.8, 4) is 5.75 Å². The van der Waals surface area contributed by atoms with Crippen molar-refractivity contribution in [2.24, 2.45) is 5.92 Å². The maximum Gasteiger partial charge on any atom is 0.243 e. The van der Waals surface area contributed by atoms with Gasteiger partial charge in [-0.15, -0.1) is 0 Å². The Morgan fingerprint density at radius 1 is 1.22 bits per heavy atom. The number of aryl methyl sites for hydroxylation is 1. The van der Waals surface area contributed by atoms with Gasteiger partial charge in [-0.3, -0.25) is 4.79 Å². The van der Waals surface area contributed by atoms with Crippen LogP contribution in [-0.2, 0) is 21.2 Å². The summed E-state index contributed by atoms with van der Waals surface area (Å²) in [6.07, 6.45) is 1.78. The summed E-state index contributed by atoms with van der Waals surface area (Å²) < 4.78 is 38.3. The van der Waals surface area contributed by atoms with E-state index in [4.69, 9.17) is 9.26 Å². The van der Waals surface area contributed by atoms with Gasteiger partial charge >= 0.3 is 0 Å². The highest BCUT2D eigenvalue weighted by atomic mass is 32.2. The first-order valence-corrected chi connectivity index (χ1v) is 13.5. The summed E-state index contributed by atoms with van der Waals surface area (Å²) >= 11 is 0. The van der Waals surface area contributed by atoms with Crippen molar-refractivity contribution in [2.45, 2.75) is 50.8 Å². The third-order valence-corrected chi connectivity index (χ3v) is 8.18. The monoisotopic (exact) mass is 512 g/mol. The molecule has 1 N–H and O–H groups in total. The molecule has 0 aliphatic carbocycles. The Balaban J connectivity index is 1.38. The van der Waals surface area contributed by atoms with Gasteiger partial charge in [-0.05, 0) is 61.2 Å². The van der Waals surface area contributed by atoms with Gasteiger partial charge in [0.25, 0.3) is 0 Å². The minimum atomic E-state index is -3.71. The SMILES string of the molecule is COc1ccc(S(=O)(=O)N2CCC[C@@H](C(=O)Nc3ccc(Cc4noc(C(C)C)n4)cc3)C2)cc1C. The van der Waals surface area contributed by atoms with Crippen LogP contribution in [0.2, 0.25) is 0 Å². The molecule has 1 aromatic heterocycles. The first-order chi connectivity index (χ1) is 17.2. The largest absolute Gasteiger partial charge is 0.496 e. The third kappa shape index (κ3) is 5.76. The second-order valence-electron chi connectivity index (χ2n) is 9.40. The molecule has 36 heavy (non-hydrogen) atoms. The van der Waals surface area contributed by atoms with Gasteiger partial charge in [-0.25, -0.2) is 8.42 Å². The normalized spacial score (nSPS) is 16.8. The Morgan fingerprint density at radius 2 is 1.97 bits per heavy atom. The van der Waals surface area contributed by atoms with E-state index in [1.165, 1.54) is 4.31 Å². The minimum absolute atomic E-state index is 0.146. The van der Waals surface area contributed by atoms with E-state index in [-0.39, 0.29) is 23.3 Å². The number of carbonyl (C=O) groups excluding carboxylic acids is 1. The summed E-state index contributed by atoms with van der Waals surface area (Å²) in [6, 6.07) is 12.3. The van der Waals surface area contributed by atoms with Crippen LogP contribution in [0.4, 0.5) is 5.69 Å². The zero-order chi connectivity index (χ0) is 25.9. The lowest BCUT2D eigenvalue weighted by atomic mass is 9.98. The molecule has 0 spiro atoms. The maximum atomic E-state index is 13.2. The zero-order valence-corrected chi connectivity index (χ0v) is 21.8. The first-order valence-electron chi connectivity index (χ1n) is 12.0. The van der Waals surface area contributed by atoms with E-state index >= 15 is 0 Å². The quantitative estimate of drug-likeness (QED) is 0.482. The Morgan fingerprint density at radius 3 is 2.61 bits per heavy atom. The fraction of sp³-hybridized carbons (Fsp3) is 0.423. The minimum Gasteiger partial charge on any atom is -0.496 e. The number of piperidine rings is 1. The lowest BCUT2D eigenvalue weighted by molar-refractivity contribution is -0.120. The highest BCUT2D eigenvalue weighted by molar-refractivity contribution is 7.89. The number of ether oxygens (including phenoxy) is 1. The van der Waals surface area contributed by atoms with E-state index in [0.717, 1.165) is 11.1 Å². The van der Waals surface area contributed by atoms with Crippen molar-refractivity contribution >= 4 is 21.6 Å². The summed E-state index contributed by atoms with van der Waals surface area (Å²) in [6.45, 7) is 6.33. The fourth-order valence-corrected chi connectivity index (χ4v) is 5.85. The van der Waals surface area contributed by atoms with E-state index in [9.17, 15) is 13.2 Å². The van der Waals surface area contributed by atoms with E-state index in [0.29, 0.717) is 49.0 Å². The molecule has 0 saturated carbocycles. The number of hydrogen-bond donors (Lipinski definition) is 1. The predicted molar refractivity (Wildman–Crippen MR) is 135 cm³/mol. The molecule has 0 unspecified atom stereocenters. The number of anilines is 1. The van der Waals surface area contributed by atoms with Gasteiger partial charge in [0.15, 0.2) is 5.82 Å². The second kappa shape index (κ2) is 10.8. The van der Waals surface area contributed by atoms with Gasteiger partial charge in [-0.1, -0.05) is 31.1 Å². The van der Waals surface area contributed by atoms with E-state index in [1.54, 1.807) is 32.2 Å². The molecule has 1 atom stereocenters. The second-order valence-corrected chi connectivity index (χ2v) is 11.3. The molecule has 0 bridgehead atoms. The number of benzene rings is 2.